The molecule has 0 aromatic carbocycles. The zero-order valence-corrected chi connectivity index (χ0v) is 21.7. The molecule has 0 amide bonds. The van der Waals surface area contributed by atoms with Gasteiger partial charge in [-0.25, -0.2) is 0 Å². The minimum Gasteiger partial charge on any atom is -0.301 e. The molecule has 1 saturated heterocycles. The summed E-state index contributed by atoms with van der Waals surface area (Å²) in [6, 6.07) is 1.05. The fraction of sp³-hybridized carbons (Fsp3) is 0.600. The van der Waals surface area contributed by atoms with Crippen LogP contribution in [0.3, 0.4) is 0 Å². The molecule has 176 valence electrons. The minimum atomic E-state index is -1.80. The number of hydrogen-bond donors (Lipinski definition) is 1. The van der Waals surface area contributed by atoms with E-state index in [9.17, 15) is 0 Å². The summed E-state index contributed by atoms with van der Waals surface area (Å²) in [5.74, 6) is 3.49. The molecule has 1 aliphatic heterocycles. The Morgan fingerprint density at radius 2 is 1.42 bits per heavy atom. The van der Waals surface area contributed by atoms with Crippen molar-refractivity contribution in [2.45, 2.75) is 82.3 Å². The van der Waals surface area contributed by atoms with Crippen LogP contribution >= 0.6 is 0 Å². The number of rotatable bonds is 4. The van der Waals surface area contributed by atoms with Crippen molar-refractivity contribution < 1.29 is 0 Å². The Morgan fingerprint density at radius 1 is 0.818 bits per heavy atom. The molecular weight excluding hydrogens is 416 g/mol. The summed E-state index contributed by atoms with van der Waals surface area (Å²) in [6.45, 7) is 7.80. The smallest absolute Gasteiger partial charge is 0.129 e. The number of fused-ring (bicyclic) bond motifs is 4. The Morgan fingerprint density at radius 3 is 2.03 bits per heavy atom. The summed E-state index contributed by atoms with van der Waals surface area (Å²) >= 11 is 0. The van der Waals surface area contributed by atoms with E-state index in [-0.39, 0.29) is 0 Å². The molecule has 5 aliphatic carbocycles. The molecule has 3 heteroatoms. The van der Waals surface area contributed by atoms with Crippen molar-refractivity contribution in [3.63, 3.8) is 0 Å². The molecule has 1 heterocycles. The molecule has 1 N–H and O–H groups in total. The van der Waals surface area contributed by atoms with Crippen LogP contribution in [-0.4, -0.2) is 31.1 Å². The Labute approximate surface area is 202 Å². The highest BCUT2D eigenvalue weighted by atomic mass is 28.3. The predicted octanol–water partition coefficient (Wildman–Crippen LogP) is 6.75. The largest absolute Gasteiger partial charge is 0.301 e. The third kappa shape index (κ3) is 3.49. The lowest BCUT2D eigenvalue weighted by Gasteiger charge is -2.48. The van der Waals surface area contributed by atoms with E-state index in [2.05, 4.69) is 96.7 Å². The number of hydrogen-bond acceptors (Lipinski definition) is 2. The summed E-state index contributed by atoms with van der Waals surface area (Å²) in [5, 5.41) is 4.19. The topological polar surface area (TPSA) is 15.3 Å². The van der Waals surface area contributed by atoms with Crippen molar-refractivity contribution >= 4 is 8.24 Å². The first-order valence-electron chi connectivity index (χ1n) is 13.7. The van der Waals surface area contributed by atoms with E-state index in [4.69, 9.17) is 0 Å². The fourth-order valence-electron chi connectivity index (χ4n) is 8.70. The van der Waals surface area contributed by atoms with E-state index >= 15 is 0 Å². The molecule has 0 radical (unpaired) electrons. The SMILES string of the molecule is CC[C@@H]1NC2C(C3CCCCC3)=CC=C[C@H]2N1[Si](C)(C)C1C2C=CC=CC2C2C=CC=CC21. The van der Waals surface area contributed by atoms with Gasteiger partial charge in [-0.2, -0.15) is 0 Å². The quantitative estimate of drug-likeness (QED) is 0.469. The summed E-state index contributed by atoms with van der Waals surface area (Å²) in [5.41, 5.74) is 2.47. The second kappa shape index (κ2) is 8.66. The summed E-state index contributed by atoms with van der Waals surface area (Å²) in [4.78, 5) is 0. The van der Waals surface area contributed by atoms with Crippen molar-refractivity contribution in [3.8, 4) is 0 Å². The van der Waals surface area contributed by atoms with Crippen LogP contribution < -0.4 is 5.32 Å². The van der Waals surface area contributed by atoms with Gasteiger partial charge >= 0.3 is 0 Å². The molecule has 6 aliphatic rings. The van der Waals surface area contributed by atoms with Crippen molar-refractivity contribution in [2.75, 3.05) is 0 Å². The van der Waals surface area contributed by atoms with Gasteiger partial charge in [0.1, 0.15) is 8.24 Å². The standard InChI is InChI=1S/C30H42N2Si/c1-4-28-31-29-22(21-13-6-5-7-14-21)19-12-20-27(29)32(28)33(2,3)30-25-17-10-8-15-23(25)24-16-9-11-18-26(24)30/h8-12,15-21,23-31H,4-7,13-14H2,1-3H3/t23?,24?,25?,26?,27-,28-,29?,30?/m1/s1. The Hall–Kier alpha value is -1.42. The maximum Gasteiger partial charge on any atom is 0.129 e. The van der Waals surface area contributed by atoms with Crippen LogP contribution in [0, 0.1) is 29.6 Å². The van der Waals surface area contributed by atoms with Crippen LogP contribution in [0.15, 0.2) is 72.4 Å². The van der Waals surface area contributed by atoms with E-state index in [0.717, 1.165) is 11.5 Å². The molecule has 0 aromatic rings. The molecule has 0 bridgehead atoms. The van der Waals surface area contributed by atoms with Crippen molar-refractivity contribution in [2.24, 2.45) is 29.6 Å². The second-order valence-corrected chi connectivity index (χ2v) is 16.4. The first kappa shape index (κ1) is 22.1. The van der Waals surface area contributed by atoms with Gasteiger partial charge in [0.15, 0.2) is 0 Å². The average Bonchev–Trinajstić information content (AvgIpc) is 3.41. The predicted molar refractivity (Wildman–Crippen MR) is 142 cm³/mol. The average molecular weight is 459 g/mol. The lowest BCUT2D eigenvalue weighted by Crippen LogP contribution is -2.60. The van der Waals surface area contributed by atoms with Crippen LogP contribution in [0.4, 0.5) is 0 Å². The van der Waals surface area contributed by atoms with Crippen LogP contribution in [0.1, 0.15) is 45.4 Å². The Bertz CT molecular complexity index is 897. The molecule has 7 atom stereocenters. The highest BCUT2D eigenvalue weighted by Gasteiger charge is 2.59. The normalized spacial score (nSPS) is 42.3. The molecule has 3 fully saturated rings. The minimum absolute atomic E-state index is 0.500. The van der Waals surface area contributed by atoms with Crippen LogP contribution in [0.25, 0.3) is 0 Å². The van der Waals surface area contributed by atoms with E-state index in [0.29, 0.717) is 41.9 Å². The van der Waals surface area contributed by atoms with E-state index in [1.165, 1.54) is 38.5 Å². The second-order valence-electron chi connectivity index (χ2n) is 11.9. The highest BCUT2D eigenvalue weighted by Crippen LogP contribution is 2.59. The lowest BCUT2D eigenvalue weighted by molar-refractivity contribution is 0.311. The van der Waals surface area contributed by atoms with Gasteiger partial charge in [-0.15, -0.1) is 0 Å². The van der Waals surface area contributed by atoms with Gasteiger partial charge in [-0.3, -0.25) is 5.32 Å². The number of nitrogens with zero attached hydrogens (tertiary/aromatic N) is 1. The van der Waals surface area contributed by atoms with Gasteiger partial charge in [-0.05, 0) is 60.0 Å². The van der Waals surface area contributed by atoms with Crippen LogP contribution in [0.5, 0.6) is 0 Å². The Balaban J connectivity index is 1.34. The highest BCUT2D eigenvalue weighted by molar-refractivity contribution is 6.76. The number of nitrogens with one attached hydrogen (secondary N) is 1. The molecule has 5 unspecified atom stereocenters. The van der Waals surface area contributed by atoms with Gasteiger partial charge < -0.3 is 4.57 Å². The van der Waals surface area contributed by atoms with E-state index in [1.807, 2.05) is 0 Å². The van der Waals surface area contributed by atoms with Crippen LogP contribution in [0.2, 0.25) is 18.6 Å². The van der Waals surface area contributed by atoms with Crippen LogP contribution in [-0.2, 0) is 0 Å². The van der Waals surface area contributed by atoms with Gasteiger partial charge in [0.2, 0.25) is 0 Å². The van der Waals surface area contributed by atoms with E-state index in [1.54, 1.807) is 5.57 Å². The lowest BCUT2D eigenvalue weighted by atomic mass is 9.78. The maximum atomic E-state index is 4.19. The van der Waals surface area contributed by atoms with Crippen molar-refractivity contribution in [1.82, 2.24) is 9.88 Å². The summed E-state index contributed by atoms with van der Waals surface area (Å²) in [6.07, 6.45) is 35.6. The fourth-order valence-corrected chi connectivity index (χ4v) is 13.7. The Kier molecular flexibility index (Phi) is 5.79. The number of allylic oxidation sites excluding steroid dienone is 10. The molecular formula is C30H42N2Si. The molecule has 2 saturated carbocycles. The zero-order chi connectivity index (χ0) is 22.6. The first-order valence-corrected chi connectivity index (χ1v) is 16.8. The molecule has 2 nitrogen and oxygen atoms in total. The third-order valence-electron chi connectivity index (χ3n) is 9.99. The molecule has 6 rings (SSSR count). The van der Waals surface area contributed by atoms with Crippen molar-refractivity contribution in [3.05, 3.63) is 72.4 Å². The van der Waals surface area contributed by atoms with E-state index < -0.39 is 8.24 Å². The van der Waals surface area contributed by atoms with Crippen molar-refractivity contribution in [1.29, 1.82) is 0 Å². The van der Waals surface area contributed by atoms with Gasteiger partial charge in [0.25, 0.3) is 0 Å². The molecule has 0 spiro atoms. The summed E-state index contributed by atoms with van der Waals surface area (Å²) < 4.78 is 3.05. The summed E-state index contributed by atoms with van der Waals surface area (Å²) in [7, 11) is -1.80. The van der Waals surface area contributed by atoms with Gasteiger partial charge in [0, 0.05) is 12.1 Å². The third-order valence-corrected chi connectivity index (χ3v) is 14.3. The maximum absolute atomic E-state index is 4.19. The molecule has 33 heavy (non-hydrogen) atoms. The zero-order valence-electron chi connectivity index (χ0n) is 20.7. The monoisotopic (exact) mass is 458 g/mol. The van der Waals surface area contributed by atoms with Gasteiger partial charge in [0.05, 0.1) is 6.17 Å². The molecule has 0 aromatic heterocycles. The first-order chi connectivity index (χ1) is 16.1. The van der Waals surface area contributed by atoms with Gasteiger partial charge in [-0.1, -0.05) is 106 Å².